The van der Waals surface area contributed by atoms with E-state index in [4.69, 9.17) is 18.9 Å². The minimum absolute atomic E-state index is 0.0494. The minimum Gasteiger partial charge on any atom is -0.471 e. The molecule has 0 saturated carbocycles. The summed E-state index contributed by atoms with van der Waals surface area (Å²) in [6.07, 6.45) is -7.36. The predicted octanol–water partition coefficient (Wildman–Crippen LogP) is -3.26. The Morgan fingerprint density at radius 1 is 1.07 bits per heavy atom. The van der Waals surface area contributed by atoms with E-state index in [1.807, 2.05) is 0 Å². The number of carbonyl (C=O) groups excluding carboxylic acids is 1. The van der Waals surface area contributed by atoms with Gasteiger partial charge in [-0.05, 0) is 5.57 Å². The van der Waals surface area contributed by atoms with Gasteiger partial charge in [0.05, 0.1) is 44.2 Å². The zero-order valence-electron chi connectivity index (χ0n) is 15.0. The molecule has 0 aromatic heterocycles. The monoisotopic (exact) mass is 404 g/mol. The maximum atomic E-state index is 12.0. The van der Waals surface area contributed by atoms with Crippen molar-refractivity contribution in [1.29, 1.82) is 0 Å². The van der Waals surface area contributed by atoms with Gasteiger partial charge in [-0.15, -0.1) is 0 Å². The number of methoxy groups -OCH3 is 1. The van der Waals surface area contributed by atoms with Gasteiger partial charge in [0.1, 0.15) is 24.4 Å². The number of ether oxygens (including phenoxy) is 4. The summed E-state index contributed by atoms with van der Waals surface area (Å²) in [6.45, 7) is -1.07. The number of rotatable bonds is 5. The SMILES string of the molecule is COC(=O)C1=CO[C@@H](O[C@H]2O[C@@H](CO)[C@H](O)[C@@H](O)[C@@H]2O)[C@@H]2C(CO)=C[C@@H](O)[C@@H]12. The molecular weight excluding hydrogens is 380 g/mol. The van der Waals surface area contributed by atoms with Gasteiger partial charge >= 0.3 is 5.97 Å². The molecular formula is C17H24O11. The molecule has 28 heavy (non-hydrogen) atoms. The van der Waals surface area contributed by atoms with Crippen LogP contribution >= 0.6 is 0 Å². The van der Waals surface area contributed by atoms with Gasteiger partial charge < -0.3 is 49.6 Å². The van der Waals surface area contributed by atoms with E-state index < -0.39 is 74.1 Å². The van der Waals surface area contributed by atoms with Crippen molar-refractivity contribution in [2.75, 3.05) is 20.3 Å². The number of esters is 1. The van der Waals surface area contributed by atoms with Gasteiger partial charge in [0.2, 0.25) is 6.29 Å². The first-order valence-electron chi connectivity index (χ1n) is 8.73. The Morgan fingerprint density at radius 3 is 2.39 bits per heavy atom. The van der Waals surface area contributed by atoms with E-state index in [0.717, 1.165) is 6.26 Å². The molecule has 0 amide bonds. The Labute approximate surface area is 160 Å². The molecule has 6 N–H and O–H groups in total. The van der Waals surface area contributed by atoms with Crippen molar-refractivity contribution in [3.8, 4) is 0 Å². The predicted molar refractivity (Wildman–Crippen MR) is 88.0 cm³/mol. The molecule has 1 fully saturated rings. The normalized spacial score (nSPS) is 42.9. The molecule has 11 heteroatoms. The number of carbonyl (C=O) groups is 1. The summed E-state index contributed by atoms with van der Waals surface area (Å²) in [7, 11) is 1.18. The molecule has 3 aliphatic rings. The van der Waals surface area contributed by atoms with Crippen LogP contribution in [0.5, 0.6) is 0 Å². The molecule has 0 spiro atoms. The Hall–Kier alpha value is -1.57. The highest BCUT2D eigenvalue weighted by atomic mass is 16.8. The first-order chi connectivity index (χ1) is 13.3. The quantitative estimate of drug-likeness (QED) is 0.200. The van der Waals surface area contributed by atoms with Gasteiger partial charge in [0.15, 0.2) is 6.29 Å². The number of hydrogen-bond donors (Lipinski definition) is 6. The van der Waals surface area contributed by atoms with Gasteiger partial charge in [0.25, 0.3) is 0 Å². The summed E-state index contributed by atoms with van der Waals surface area (Å²) in [5.74, 6) is -2.34. The third kappa shape index (κ3) is 3.55. The van der Waals surface area contributed by atoms with Crippen LogP contribution in [0.4, 0.5) is 0 Å². The molecule has 0 unspecified atom stereocenters. The van der Waals surface area contributed by atoms with Gasteiger partial charge in [-0.3, -0.25) is 0 Å². The standard InChI is InChI=1S/C17H24O11/c1-25-15(24)7-5-26-16(10-6(3-18)2-8(20)11(7)10)28-17-14(23)13(22)12(21)9(4-19)27-17/h2,5,8-14,16-23H,3-4H2,1H3/t8-,9+,10-,11-,12+,13-,14+,16+,17-/m1/s1. The van der Waals surface area contributed by atoms with Gasteiger partial charge in [-0.25, -0.2) is 4.79 Å². The fourth-order valence-electron chi connectivity index (χ4n) is 3.79. The molecule has 2 heterocycles. The zero-order valence-corrected chi connectivity index (χ0v) is 15.0. The van der Waals surface area contributed by atoms with Gasteiger partial charge in [0, 0.05) is 5.92 Å². The van der Waals surface area contributed by atoms with Crippen LogP contribution in [-0.2, 0) is 23.7 Å². The summed E-state index contributed by atoms with van der Waals surface area (Å²) >= 11 is 0. The molecule has 0 radical (unpaired) electrons. The van der Waals surface area contributed by atoms with Crippen molar-refractivity contribution in [1.82, 2.24) is 0 Å². The van der Waals surface area contributed by atoms with Crippen LogP contribution < -0.4 is 0 Å². The molecule has 0 aromatic rings. The fraction of sp³-hybridized carbons (Fsp3) is 0.706. The lowest BCUT2D eigenvalue weighted by Crippen LogP contribution is -2.60. The van der Waals surface area contributed by atoms with Crippen LogP contribution in [0.25, 0.3) is 0 Å². The average molecular weight is 404 g/mol. The molecule has 11 nitrogen and oxygen atoms in total. The highest BCUT2D eigenvalue weighted by Gasteiger charge is 2.52. The second kappa shape index (κ2) is 8.43. The minimum atomic E-state index is -1.65. The molecule has 158 valence electrons. The maximum Gasteiger partial charge on any atom is 0.337 e. The van der Waals surface area contributed by atoms with Crippen molar-refractivity contribution in [2.45, 2.75) is 43.1 Å². The van der Waals surface area contributed by atoms with Crippen LogP contribution in [0.1, 0.15) is 0 Å². The van der Waals surface area contributed by atoms with Crippen molar-refractivity contribution in [3.05, 3.63) is 23.5 Å². The fourth-order valence-corrected chi connectivity index (χ4v) is 3.79. The Morgan fingerprint density at radius 2 is 1.79 bits per heavy atom. The first kappa shape index (κ1) is 21.1. The third-order valence-corrected chi connectivity index (χ3v) is 5.27. The van der Waals surface area contributed by atoms with Crippen LogP contribution in [0.3, 0.4) is 0 Å². The molecule has 0 bridgehead atoms. The highest BCUT2D eigenvalue weighted by molar-refractivity contribution is 5.89. The van der Waals surface area contributed by atoms with Gasteiger partial charge in [-0.2, -0.15) is 0 Å². The largest absolute Gasteiger partial charge is 0.471 e. The lowest BCUT2D eigenvalue weighted by atomic mass is 9.82. The van der Waals surface area contributed by atoms with Crippen molar-refractivity contribution < 1.29 is 54.4 Å². The van der Waals surface area contributed by atoms with E-state index in [-0.39, 0.29) is 5.57 Å². The van der Waals surface area contributed by atoms with E-state index in [1.165, 1.54) is 13.2 Å². The second-order valence-electron chi connectivity index (χ2n) is 6.84. The van der Waals surface area contributed by atoms with Crippen LogP contribution in [0.15, 0.2) is 23.5 Å². The third-order valence-electron chi connectivity index (χ3n) is 5.27. The van der Waals surface area contributed by atoms with Gasteiger partial charge in [-0.1, -0.05) is 6.08 Å². The molecule has 1 saturated heterocycles. The number of aliphatic hydroxyl groups is 6. The number of aliphatic hydroxyl groups excluding tert-OH is 6. The van der Waals surface area contributed by atoms with Crippen molar-refractivity contribution >= 4 is 5.97 Å². The van der Waals surface area contributed by atoms with Crippen LogP contribution in [0.2, 0.25) is 0 Å². The Balaban J connectivity index is 1.84. The van der Waals surface area contributed by atoms with Crippen molar-refractivity contribution in [2.24, 2.45) is 11.8 Å². The lowest BCUT2D eigenvalue weighted by molar-refractivity contribution is -0.340. The maximum absolute atomic E-state index is 12.0. The summed E-state index contributed by atoms with van der Waals surface area (Å²) < 4.78 is 21.1. The average Bonchev–Trinajstić information content (AvgIpc) is 3.05. The molecule has 3 rings (SSSR count). The van der Waals surface area contributed by atoms with E-state index in [1.54, 1.807) is 0 Å². The smallest absolute Gasteiger partial charge is 0.337 e. The summed E-state index contributed by atoms with van der Waals surface area (Å²) in [5.41, 5.74) is 0.398. The second-order valence-corrected chi connectivity index (χ2v) is 6.84. The Bertz CT molecular complexity index is 645. The van der Waals surface area contributed by atoms with E-state index in [9.17, 15) is 35.4 Å². The summed E-state index contributed by atoms with van der Waals surface area (Å²) in [5, 5.41) is 59.1. The van der Waals surface area contributed by atoms with E-state index >= 15 is 0 Å². The Kier molecular flexibility index (Phi) is 6.37. The summed E-state index contributed by atoms with van der Waals surface area (Å²) in [6, 6.07) is 0. The number of hydrogen-bond acceptors (Lipinski definition) is 11. The van der Waals surface area contributed by atoms with E-state index in [2.05, 4.69) is 0 Å². The topological polar surface area (TPSA) is 175 Å². The molecule has 9 atom stereocenters. The number of fused-ring (bicyclic) bond motifs is 1. The molecule has 0 aromatic carbocycles. The molecule has 1 aliphatic carbocycles. The van der Waals surface area contributed by atoms with Crippen LogP contribution in [-0.4, -0.2) is 100 Å². The molecule has 2 aliphatic heterocycles. The first-order valence-corrected chi connectivity index (χ1v) is 8.73. The summed E-state index contributed by atoms with van der Waals surface area (Å²) in [4.78, 5) is 12.0. The zero-order chi connectivity index (χ0) is 20.6. The highest BCUT2D eigenvalue weighted by Crippen LogP contribution is 2.44. The van der Waals surface area contributed by atoms with E-state index in [0.29, 0.717) is 5.57 Å². The van der Waals surface area contributed by atoms with Crippen molar-refractivity contribution in [3.63, 3.8) is 0 Å². The lowest BCUT2D eigenvalue weighted by Gasteiger charge is -2.43. The van der Waals surface area contributed by atoms with Crippen LogP contribution in [0, 0.1) is 11.8 Å².